The molecule has 5 rings (SSSR count). The van der Waals surface area contributed by atoms with Gasteiger partial charge in [0.25, 0.3) is 0 Å². The van der Waals surface area contributed by atoms with Crippen molar-refractivity contribution in [3.05, 3.63) is 93.9 Å². The number of benzene rings is 2. The lowest BCUT2D eigenvalue weighted by atomic mass is 9.94. The fraction of sp³-hybridized carbons (Fsp3) is 0.172. The molecular weight excluding hydrogens is 502 g/mol. The molecule has 9 heteroatoms. The fourth-order valence-corrected chi connectivity index (χ4v) is 4.56. The number of fused-ring (bicyclic) bond motifs is 1. The van der Waals surface area contributed by atoms with Gasteiger partial charge in [-0.2, -0.15) is 4.98 Å². The molecule has 0 bridgehead atoms. The lowest BCUT2D eigenvalue weighted by molar-refractivity contribution is -0.120. The molecule has 0 saturated heterocycles. The number of imidazole rings is 1. The largest absolute Gasteiger partial charge is 0.426 e. The van der Waals surface area contributed by atoms with Gasteiger partial charge in [-0.15, -0.1) is 0 Å². The highest BCUT2D eigenvalue weighted by molar-refractivity contribution is 6.33. The molecule has 0 fully saturated rings. The SMILES string of the molecule is CC(=O)NC(C)(C)c1ccc(Oc2nc3nc(-c4ccc(-c5ccc(=O)n(C)c5)cc4)c(Cl)cc3[nH]2)cc1. The van der Waals surface area contributed by atoms with Crippen LogP contribution >= 0.6 is 11.6 Å². The zero-order valence-corrected chi connectivity index (χ0v) is 22.1. The molecule has 8 nitrogen and oxygen atoms in total. The van der Waals surface area contributed by atoms with Crippen molar-refractivity contribution < 1.29 is 9.53 Å². The third-order valence-electron chi connectivity index (χ3n) is 6.26. The van der Waals surface area contributed by atoms with Crippen molar-refractivity contribution in [2.75, 3.05) is 0 Å². The number of carbonyl (C=O) groups is 1. The molecular formula is C29H26ClN5O3. The zero-order chi connectivity index (χ0) is 27.0. The third kappa shape index (κ3) is 5.17. The topological polar surface area (TPSA) is 102 Å². The van der Waals surface area contributed by atoms with E-state index < -0.39 is 5.54 Å². The van der Waals surface area contributed by atoms with Gasteiger partial charge in [0.15, 0.2) is 5.65 Å². The Labute approximate surface area is 224 Å². The Balaban J connectivity index is 1.37. The maximum Gasteiger partial charge on any atom is 0.301 e. The first-order valence-corrected chi connectivity index (χ1v) is 12.4. The summed E-state index contributed by atoms with van der Waals surface area (Å²) in [5.74, 6) is 0.495. The van der Waals surface area contributed by atoms with E-state index in [0.29, 0.717) is 33.6 Å². The highest BCUT2D eigenvalue weighted by Gasteiger charge is 2.21. The van der Waals surface area contributed by atoms with Gasteiger partial charge < -0.3 is 19.6 Å². The van der Waals surface area contributed by atoms with Gasteiger partial charge in [-0.05, 0) is 54.8 Å². The number of aromatic nitrogens is 4. The molecule has 0 spiro atoms. The highest BCUT2D eigenvalue weighted by atomic mass is 35.5. The van der Waals surface area contributed by atoms with Crippen molar-refractivity contribution in [1.29, 1.82) is 0 Å². The molecule has 0 saturated carbocycles. The molecule has 3 heterocycles. The van der Waals surface area contributed by atoms with Crippen LogP contribution in [0.4, 0.5) is 0 Å². The van der Waals surface area contributed by atoms with E-state index in [4.69, 9.17) is 16.3 Å². The Hall–Kier alpha value is -4.43. The molecule has 0 unspecified atom stereocenters. The smallest absolute Gasteiger partial charge is 0.301 e. The predicted molar refractivity (Wildman–Crippen MR) is 148 cm³/mol. The van der Waals surface area contributed by atoms with E-state index in [-0.39, 0.29) is 11.5 Å². The molecule has 3 aromatic heterocycles. The van der Waals surface area contributed by atoms with Gasteiger partial charge in [0.1, 0.15) is 5.75 Å². The molecule has 0 aliphatic heterocycles. The first-order chi connectivity index (χ1) is 18.1. The number of ether oxygens (including phenoxy) is 1. The van der Waals surface area contributed by atoms with Crippen molar-refractivity contribution in [1.82, 2.24) is 24.8 Å². The first-order valence-electron chi connectivity index (χ1n) is 12.0. The summed E-state index contributed by atoms with van der Waals surface area (Å²) in [6, 6.07) is 20.7. The van der Waals surface area contributed by atoms with Crippen LogP contribution in [0.5, 0.6) is 11.8 Å². The summed E-state index contributed by atoms with van der Waals surface area (Å²) >= 11 is 6.58. The molecule has 2 aromatic carbocycles. The van der Waals surface area contributed by atoms with Gasteiger partial charge in [0.05, 0.1) is 21.8 Å². The van der Waals surface area contributed by atoms with Crippen LogP contribution in [0.2, 0.25) is 5.02 Å². The maximum atomic E-state index is 11.7. The number of nitrogens with zero attached hydrogens (tertiary/aromatic N) is 3. The Kier molecular flexibility index (Phi) is 6.50. The first kappa shape index (κ1) is 25.2. The Morgan fingerprint density at radius 3 is 2.29 bits per heavy atom. The average molecular weight is 528 g/mol. The van der Waals surface area contributed by atoms with Gasteiger partial charge in [-0.25, -0.2) is 4.98 Å². The van der Waals surface area contributed by atoms with Crippen LogP contribution < -0.4 is 15.6 Å². The quantitative estimate of drug-likeness (QED) is 0.290. The number of halogens is 1. The van der Waals surface area contributed by atoms with Crippen LogP contribution in [-0.4, -0.2) is 25.4 Å². The van der Waals surface area contributed by atoms with Gasteiger partial charge in [0, 0.05) is 31.8 Å². The van der Waals surface area contributed by atoms with Gasteiger partial charge >= 0.3 is 6.01 Å². The summed E-state index contributed by atoms with van der Waals surface area (Å²) in [5, 5.41) is 3.41. The number of H-pyrrole nitrogens is 1. The summed E-state index contributed by atoms with van der Waals surface area (Å²) in [6.07, 6.45) is 1.80. The summed E-state index contributed by atoms with van der Waals surface area (Å²) in [6.45, 7) is 5.38. The number of aryl methyl sites for hydroxylation is 1. The summed E-state index contributed by atoms with van der Waals surface area (Å²) in [7, 11) is 1.73. The van der Waals surface area contributed by atoms with Crippen LogP contribution in [-0.2, 0) is 17.4 Å². The number of amides is 1. The zero-order valence-electron chi connectivity index (χ0n) is 21.4. The van der Waals surface area contributed by atoms with Crippen LogP contribution in [0.1, 0.15) is 26.3 Å². The second kappa shape index (κ2) is 9.79. The molecule has 0 radical (unpaired) electrons. The molecule has 1 amide bonds. The van der Waals surface area contributed by atoms with E-state index in [1.165, 1.54) is 6.92 Å². The number of hydrogen-bond acceptors (Lipinski definition) is 5. The van der Waals surface area contributed by atoms with E-state index >= 15 is 0 Å². The molecule has 0 aliphatic rings. The Bertz CT molecular complexity index is 1700. The normalized spacial score (nSPS) is 11.5. The van der Waals surface area contributed by atoms with Gasteiger partial charge in [-0.3, -0.25) is 9.59 Å². The number of carbonyl (C=O) groups excluding carboxylic acids is 1. The van der Waals surface area contributed by atoms with Crippen LogP contribution in [0, 0.1) is 0 Å². The fourth-order valence-electron chi connectivity index (χ4n) is 4.30. The second-order valence-electron chi connectivity index (χ2n) is 9.61. The molecule has 192 valence electrons. The van der Waals surface area contributed by atoms with E-state index in [0.717, 1.165) is 22.3 Å². The minimum Gasteiger partial charge on any atom is -0.426 e. The minimum atomic E-state index is -0.502. The van der Waals surface area contributed by atoms with Crippen molar-refractivity contribution >= 4 is 28.7 Å². The van der Waals surface area contributed by atoms with Gasteiger partial charge in [-0.1, -0.05) is 48.0 Å². The van der Waals surface area contributed by atoms with Crippen molar-refractivity contribution in [2.45, 2.75) is 26.3 Å². The summed E-state index contributed by atoms with van der Waals surface area (Å²) in [4.78, 5) is 35.4. The molecule has 0 aliphatic carbocycles. The number of rotatable bonds is 6. The maximum absolute atomic E-state index is 11.7. The Morgan fingerprint density at radius 1 is 0.974 bits per heavy atom. The van der Waals surface area contributed by atoms with Crippen molar-refractivity contribution in [3.63, 3.8) is 0 Å². The van der Waals surface area contributed by atoms with Crippen LogP contribution in [0.15, 0.2) is 77.7 Å². The van der Waals surface area contributed by atoms with Crippen molar-refractivity contribution in [3.8, 4) is 34.1 Å². The standard InChI is InChI=1S/C29H26ClN5O3/c1-17(36)34-29(2,3)21-10-12-22(13-11-21)38-28-31-24-15-23(30)26(32-27(24)33-28)19-7-5-18(6-8-19)20-9-14-25(37)35(4)16-20/h5-16H,1-4H3,(H,34,36)(H,31,32,33). The van der Waals surface area contributed by atoms with Crippen LogP contribution in [0.3, 0.4) is 0 Å². The van der Waals surface area contributed by atoms with E-state index in [9.17, 15) is 9.59 Å². The monoisotopic (exact) mass is 527 g/mol. The third-order valence-corrected chi connectivity index (χ3v) is 6.55. The number of hydrogen-bond donors (Lipinski definition) is 2. The lowest BCUT2D eigenvalue weighted by Crippen LogP contribution is -2.39. The molecule has 38 heavy (non-hydrogen) atoms. The second-order valence-corrected chi connectivity index (χ2v) is 10.0. The average Bonchev–Trinajstić information content (AvgIpc) is 3.26. The minimum absolute atomic E-state index is 0.0556. The molecule has 5 aromatic rings. The van der Waals surface area contributed by atoms with Gasteiger partial charge in [0.2, 0.25) is 11.5 Å². The summed E-state index contributed by atoms with van der Waals surface area (Å²) in [5.41, 5.74) is 4.88. The Morgan fingerprint density at radius 2 is 1.63 bits per heavy atom. The number of nitrogens with one attached hydrogen (secondary N) is 2. The van der Waals surface area contributed by atoms with Crippen LogP contribution in [0.25, 0.3) is 33.5 Å². The van der Waals surface area contributed by atoms with E-state index in [1.54, 1.807) is 36.0 Å². The van der Waals surface area contributed by atoms with E-state index in [2.05, 4.69) is 20.3 Å². The highest BCUT2D eigenvalue weighted by Crippen LogP contribution is 2.32. The summed E-state index contributed by atoms with van der Waals surface area (Å²) < 4.78 is 7.47. The molecule has 0 atom stereocenters. The number of pyridine rings is 2. The van der Waals surface area contributed by atoms with E-state index in [1.807, 2.05) is 62.4 Å². The lowest BCUT2D eigenvalue weighted by Gasteiger charge is -2.26. The molecule has 2 N–H and O–H groups in total. The predicted octanol–water partition coefficient (Wildman–Crippen LogP) is 5.81. The number of aromatic amines is 1. The van der Waals surface area contributed by atoms with Crippen molar-refractivity contribution in [2.24, 2.45) is 7.05 Å².